The molecule has 18 heavy (non-hydrogen) atoms. The van der Waals surface area contributed by atoms with Crippen LogP contribution in [0.5, 0.6) is 0 Å². The molecule has 0 heterocycles. The standard InChI is InChI=1S/C13H12O4S/c14-18(15,16)17-13(11-7-3-1-4-8-11)12-9-5-2-6-10-12/h1-10,13H,(H,14,15,16)/p-1. The first kappa shape index (κ1) is 12.8. The summed E-state index contributed by atoms with van der Waals surface area (Å²) >= 11 is 0. The van der Waals surface area contributed by atoms with Gasteiger partial charge < -0.3 is 4.55 Å². The van der Waals surface area contributed by atoms with Gasteiger partial charge in [-0.25, -0.2) is 8.42 Å². The van der Waals surface area contributed by atoms with E-state index in [0.29, 0.717) is 11.1 Å². The highest BCUT2D eigenvalue weighted by atomic mass is 32.3. The molecule has 0 amide bonds. The Balaban J connectivity index is 2.42. The van der Waals surface area contributed by atoms with Crippen LogP contribution in [0.3, 0.4) is 0 Å². The first-order chi connectivity index (χ1) is 8.56. The van der Waals surface area contributed by atoms with Gasteiger partial charge in [0.15, 0.2) is 0 Å². The molecule has 0 radical (unpaired) electrons. The molecule has 0 saturated carbocycles. The third-order valence-electron chi connectivity index (χ3n) is 2.42. The second-order valence-corrected chi connectivity index (χ2v) is 4.71. The van der Waals surface area contributed by atoms with Gasteiger partial charge in [0.25, 0.3) is 0 Å². The van der Waals surface area contributed by atoms with Crippen molar-refractivity contribution in [2.24, 2.45) is 0 Å². The second kappa shape index (κ2) is 5.30. The predicted octanol–water partition coefficient (Wildman–Crippen LogP) is 2.25. The van der Waals surface area contributed by atoms with Crippen molar-refractivity contribution in [1.29, 1.82) is 0 Å². The molecular formula is C13H11O4S-. The Hall–Kier alpha value is -1.69. The minimum Gasteiger partial charge on any atom is -0.725 e. The Morgan fingerprint density at radius 2 is 1.22 bits per heavy atom. The lowest BCUT2D eigenvalue weighted by molar-refractivity contribution is 0.212. The summed E-state index contributed by atoms with van der Waals surface area (Å²) in [5.41, 5.74) is 1.23. The van der Waals surface area contributed by atoms with Crippen molar-refractivity contribution in [2.75, 3.05) is 0 Å². The summed E-state index contributed by atoms with van der Waals surface area (Å²) in [6.45, 7) is 0. The summed E-state index contributed by atoms with van der Waals surface area (Å²) in [6.07, 6.45) is -0.908. The number of hydrogen-bond acceptors (Lipinski definition) is 4. The van der Waals surface area contributed by atoms with Gasteiger partial charge in [-0.05, 0) is 11.1 Å². The van der Waals surface area contributed by atoms with Gasteiger partial charge in [0.1, 0.15) is 6.10 Å². The predicted molar refractivity (Wildman–Crippen MR) is 65.5 cm³/mol. The minimum atomic E-state index is -4.77. The van der Waals surface area contributed by atoms with Crippen LogP contribution in [0.1, 0.15) is 17.2 Å². The summed E-state index contributed by atoms with van der Waals surface area (Å²) in [6, 6.07) is 17.5. The van der Waals surface area contributed by atoms with Gasteiger partial charge in [0.2, 0.25) is 10.4 Å². The Kier molecular flexibility index (Phi) is 3.76. The Morgan fingerprint density at radius 3 is 1.56 bits per heavy atom. The van der Waals surface area contributed by atoms with E-state index in [2.05, 4.69) is 4.18 Å². The van der Waals surface area contributed by atoms with Crippen LogP contribution in [0.15, 0.2) is 60.7 Å². The van der Waals surface area contributed by atoms with Gasteiger partial charge in [-0.3, -0.25) is 4.18 Å². The largest absolute Gasteiger partial charge is 0.725 e. The Labute approximate surface area is 106 Å². The van der Waals surface area contributed by atoms with Crippen molar-refractivity contribution in [1.82, 2.24) is 0 Å². The van der Waals surface area contributed by atoms with Crippen LogP contribution in [-0.2, 0) is 14.6 Å². The van der Waals surface area contributed by atoms with E-state index in [1.54, 1.807) is 60.7 Å². The van der Waals surface area contributed by atoms with Gasteiger partial charge in [0.05, 0.1) is 0 Å². The number of benzene rings is 2. The first-order valence-corrected chi connectivity index (χ1v) is 6.63. The maximum absolute atomic E-state index is 10.8. The fourth-order valence-electron chi connectivity index (χ4n) is 1.68. The van der Waals surface area contributed by atoms with E-state index in [4.69, 9.17) is 0 Å². The van der Waals surface area contributed by atoms with Gasteiger partial charge in [0, 0.05) is 0 Å². The molecule has 2 aromatic carbocycles. The molecule has 0 aliphatic rings. The van der Waals surface area contributed by atoms with Crippen LogP contribution in [0.25, 0.3) is 0 Å². The SMILES string of the molecule is O=S(=O)([O-])OC(c1ccccc1)c1ccccc1. The third-order valence-corrected chi connectivity index (χ3v) is 2.85. The molecule has 0 aliphatic heterocycles. The average molecular weight is 263 g/mol. The molecule has 4 nitrogen and oxygen atoms in total. The lowest BCUT2D eigenvalue weighted by Gasteiger charge is -2.20. The summed E-state index contributed by atoms with van der Waals surface area (Å²) < 4.78 is 37.1. The van der Waals surface area contributed by atoms with Crippen molar-refractivity contribution in [2.45, 2.75) is 6.10 Å². The minimum absolute atomic E-state index is 0.614. The molecule has 2 rings (SSSR count). The monoisotopic (exact) mass is 263 g/mol. The summed E-state index contributed by atoms with van der Waals surface area (Å²) in [7, 11) is -4.77. The summed E-state index contributed by atoms with van der Waals surface area (Å²) in [5.74, 6) is 0. The van der Waals surface area contributed by atoms with Crippen LogP contribution in [-0.4, -0.2) is 13.0 Å². The quantitative estimate of drug-likeness (QED) is 0.626. The van der Waals surface area contributed by atoms with E-state index in [1.807, 2.05) is 0 Å². The molecule has 5 heteroatoms. The van der Waals surface area contributed by atoms with E-state index in [9.17, 15) is 13.0 Å². The van der Waals surface area contributed by atoms with Crippen molar-refractivity contribution in [3.05, 3.63) is 71.8 Å². The molecule has 0 aliphatic carbocycles. The smallest absolute Gasteiger partial charge is 0.218 e. The van der Waals surface area contributed by atoms with Gasteiger partial charge in [-0.2, -0.15) is 0 Å². The van der Waals surface area contributed by atoms with Gasteiger partial charge >= 0.3 is 0 Å². The van der Waals surface area contributed by atoms with E-state index in [0.717, 1.165) is 0 Å². The molecule has 0 fully saturated rings. The molecule has 0 atom stereocenters. The number of rotatable bonds is 4. The second-order valence-electron chi connectivity index (χ2n) is 3.71. The molecule has 0 bridgehead atoms. The molecule has 0 aromatic heterocycles. The van der Waals surface area contributed by atoms with Crippen LogP contribution < -0.4 is 0 Å². The van der Waals surface area contributed by atoms with Crippen molar-refractivity contribution >= 4 is 10.4 Å². The zero-order valence-electron chi connectivity index (χ0n) is 9.39. The first-order valence-electron chi connectivity index (χ1n) is 5.30. The summed E-state index contributed by atoms with van der Waals surface area (Å²) in [4.78, 5) is 0. The van der Waals surface area contributed by atoms with E-state index in [1.165, 1.54) is 0 Å². The summed E-state index contributed by atoms with van der Waals surface area (Å²) in [5, 5.41) is 0. The van der Waals surface area contributed by atoms with E-state index >= 15 is 0 Å². The van der Waals surface area contributed by atoms with Crippen molar-refractivity contribution in [3.63, 3.8) is 0 Å². The average Bonchev–Trinajstić information content (AvgIpc) is 2.37. The maximum Gasteiger partial charge on any atom is 0.218 e. The zero-order valence-corrected chi connectivity index (χ0v) is 10.2. The molecular weight excluding hydrogens is 252 g/mol. The lowest BCUT2D eigenvalue weighted by atomic mass is 10.0. The molecule has 94 valence electrons. The van der Waals surface area contributed by atoms with E-state index in [-0.39, 0.29) is 0 Å². The third kappa shape index (κ3) is 3.40. The molecule has 0 spiro atoms. The lowest BCUT2D eigenvalue weighted by Crippen LogP contribution is -2.12. The Bertz CT molecular complexity index is 554. The van der Waals surface area contributed by atoms with Crippen LogP contribution in [0.4, 0.5) is 0 Å². The van der Waals surface area contributed by atoms with Crippen LogP contribution >= 0.6 is 0 Å². The zero-order chi connectivity index (χ0) is 13.0. The number of hydrogen-bond donors (Lipinski definition) is 0. The highest BCUT2D eigenvalue weighted by Crippen LogP contribution is 2.26. The van der Waals surface area contributed by atoms with E-state index < -0.39 is 16.5 Å². The van der Waals surface area contributed by atoms with Crippen LogP contribution in [0, 0.1) is 0 Å². The molecule has 0 unspecified atom stereocenters. The highest BCUT2D eigenvalue weighted by molar-refractivity contribution is 7.80. The van der Waals surface area contributed by atoms with Gasteiger partial charge in [-0.1, -0.05) is 60.7 Å². The molecule has 0 saturated heterocycles. The highest BCUT2D eigenvalue weighted by Gasteiger charge is 2.17. The fourth-order valence-corrected chi connectivity index (χ4v) is 2.13. The topological polar surface area (TPSA) is 66.4 Å². The normalized spacial score (nSPS) is 11.7. The van der Waals surface area contributed by atoms with Crippen molar-refractivity contribution < 1.29 is 17.2 Å². The maximum atomic E-state index is 10.8. The molecule has 2 aromatic rings. The molecule has 0 N–H and O–H groups in total. The van der Waals surface area contributed by atoms with Gasteiger partial charge in [-0.15, -0.1) is 0 Å². The van der Waals surface area contributed by atoms with Crippen LogP contribution in [0.2, 0.25) is 0 Å². The fraction of sp³-hybridized carbons (Fsp3) is 0.0769. The van der Waals surface area contributed by atoms with Crippen molar-refractivity contribution in [3.8, 4) is 0 Å². The Morgan fingerprint density at radius 1 is 0.833 bits per heavy atom.